The first-order valence-corrected chi connectivity index (χ1v) is 9.05. The zero-order chi connectivity index (χ0) is 17.1. The lowest BCUT2D eigenvalue weighted by Gasteiger charge is -2.34. The molecule has 25 heavy (non-hydrogen) atoms. The van der Waals surface area contributed by atoms with Crippen molar-refractivity contribution in [2.75, 3.05) is 44.2 Å². The van der Waals surface area contributed by atoms with Crippen LogP contribution in [0.5, 0.6) is 0 Å². The first-order valence-electron chi connectivity index (χ1n) is 9.05. The zero-order valence-electron chi connectivity index (χ0n) is 14.4. The lowest BCUT2D eigenvalue weighted by atomic mass is 10.2. The molecular formula is C19H24N4O2. The molecule has 2 aliphatic heterocycles. The molecule has 132 valence electrons. The van der Waals surface area contributed by atoms with Gasteiger partial charge in [-0.2, -0.15) is 0 Å². The first-order chi connectivity index (χ1) is 12.3. The first kappa shape index (κ1) is 16.1. The zero-order valence-corrected chi connectivity index (χ0v) is 14.4. The van der Waals surface area contributed by atoms with Crippen LogP contribution in [0.4, 0.5) is 5.82 Å². The van der Waals surface area contributed by atoms with E-state index in [1.54, 1.807) is 12.5 Å². The minimum absolute atomic E-state index is 0.104. The van der Waals surface area contributed by atoms with Gasteiger partial charge >= 0.3 is 0 Å². The number of piperazine rings is 1. The van der Waals surface area contributed by atoms with Crippen LogP contribution in [-0.2, 0) is 6.54 Å². The van der Waals surface area contributed by atoms with Gasteiger partial charge in [0, 0.05) is 45.5 Å². The molecule has 0 unspecified atom stereocenters. The van der Waals surface area contributed by atoms with Crippen molar-refractivity contribution in [3.05, 3.63) is 48.0 Å². The number of anilines is 1. The van der Waals surface area contributed by atoms with Gasteiger partial charge in [-0.3, -0.25) is 9.69 Å². The molecular weight excluding hydrogens is 316 g/mol. The van der Waals surface area contributed by atoms with Gasteiger partial charge in [0.25, 0.3) is 5.91 Å². The second kappa shape index (κ2) is 7.27. The van der Waals surface area contributed by atoms with E-state index in [1.807, 2.05) is 29.2 Å². The highest BCUT2D eigenvalue weighted by Gasteiger charge is 2.27. The summed E-state index contributed by atoms with van der Waals surface area (Å²) in [6, 6.07) is 7.69. The molecule has 0 atom stereocenters. The second-order valence-corrected chi connectivity index (χ2v) is 6.72. The lowest BCUT2D eigenvalue weighted by Crippen LogP contribution is -2.48. The third-order valence-corrected chi connectivity index (χ3v) is 5.04. The molecule has 2 aromatic heterocycles. The van der Waals surface area contributed by atoms with Crippen LogP contribution >= 0.6 is 0 Å². The van der Waals surface area contributed by atoms with Crippen molar-refractivity contribution in [3.63, 3.8) is 0 Å². The lowest BCUT2D eigenvalue weighted by molar-refractivity contribution is 0.0620. The molecule has 0 bridgehead atoms. The van der Waals surface area contributed by atoms with Crippen LogP contribution in [0.15, 0.2) is 41.1 Å². The van der Waals surface area contributed by atoms with Crippen LogP contribution in [0, 0.1) is 0 Å². The molecule has 0 spiro atoms. The maximum atomic E-state index is 13.0. The molecule has 2 aliphatic rings. The SMILES string of the molecule is O=C(c1cccnc1N1CCCC1)N1CCN(Cc2ccco2)CC1. The average Bonchev–Trinajstić information content (AvgIpc) is 3.36. The molecule has 4 heterocycles. The van der Waals surface area contributed by atoms with Gasteiger partial charge < -0.3 is 14.2 Å². The van der Waals surface area contributed by atoms with E-state index < -0.39 is 0 Å². The van der Waals surface area contributed by atoms with Crippen LogP contribution in [0.25, 0.3) is 0 Å². The Balaban J connectivity index is 1.41. The maximum absolute atomic E-state index is 13.0. The fourth-order valence-corrected chi connectivity index (χ4v) is 3.65. The summed E-state index contributed by atoms with van der Waals surface area (Å²) in [6.45, 7) is 6.02. The van der Waals surface area contributed by atoms with Crippen LogP contribution < -0.4 is 4.90 Å². The van der Waals surface area contributed by atoms with E-state index in [9.17, 15) is 4.79 Å². The predicted octanol–water partition coefficient (Wildman–Crippen LogP) is 2.23. The van der Waals surface area contributed by atoms with Crippen molar-refractivity contribution in [1.29, 1.82) is 0 Å². The summed E-state index contributed by atoms with van der Waals surface area (Å²) in [5, 5.41) is 0. The van der Waals surface area contributed by atoms with Gasteiger partial charge in [0.15, 0.2) is 0 Å². The van der Waals surface area contributed by atoms with E-state index >= 15 is 0 Å². The summed E-state index contributed by atoms with van der Waals surface area (Å²) in [5.41, 5.74) is 0.740. The predicted molar refractivity (Wildman–Crippen MR) is 95.6 cm³/mol. The maximum Gasteiger partial charge on any atom is 0.257 e. The molecule has 2 aromatic rings. The smallest absolute Gasteiger partial charge is 0.257 e. The van der Waals surface area contributed by atoms with Gasteiger partial charge in [-0.25, -0.2) is 4.98 Å². The molecule has 2 saturated heterocycles. The quantitative estimate of drug-likeness (QED) is 0.854. The Morgan fingerprint density at radius 3 is 2.56 bits per heavy atom. The molecule has 2 fully saturated rings. The molecule has 4 rings (SSSR count). The number of hydrogen-bond donors (Lipinski definition) is 0. The fraction of sp³-hybridized carbons (Fsp3) is 0.474. The highest BCUT2D eigenvalue weighted by atomic mass is 16.3. The van der Waals surface area contributed by atoms with E-state index in [4.69, 9.17) is 4.42 Å². The second-order valence-electron chi connectivity index (χ2n) is 6.72. The van der Waals surface area contributed by atoms with Crippen molar-refractivity contribution >= 4 is 11.7 Å². The van der Waals surface area contributed by atoms with Crippen LogP contribution in [-0.4, -0.2) is 60.0 Å². The normalized spacial score (nSPS) is 18.7. The average molecular weight is 340 g/mol. The number of aromatic nitrogens is 1. The Morgan fingerprint density at radius 1 is 1.04 bits per heavy atom. The number of rotatable bonds is 4. The molecule has 0 aliphatic carbocycles. The number of carbonyl (C=O) groups is 1. The minimum atomic E-state index is 0.104. The number of furan rings is 1. The van der Waals surface area contributed by atoms with E-state index in [1.165, 1.54) is 12.8 Å². The summed E-state index contributed by atoms with van der Waals surface area (Å²) < 4.78 is 5.42. The van der Waals surface area contributed by atoms with Gasteiger partial charge in [-0.1, -0.05) is 0 Å². The topological polar surface area (TPSA) is 52.8 Å². The van der Waals surface area contributed by atoms with Crippen molar-refractivity contribution in [3.8, 4) is 0 Å². The molecule has 0 radical (unpaired) electrons. The van der Waals surface area contributed by atoms with Crippen LogP contribution in [0.3, 0.4) is 0 Å². The van der Waals surface area contributed by atoms with Crippen molar-refractivity contribution in [1.82, 2.24) is 14.8 Å². The van der Waals surface area contributed by atoms with Crippen molar-refractivity contribution < 1.29 is 9.21 Å². The van der Waals surface area contributed by atoms with Gasteiger partial charge in [0.05, 0.1) is 18.4 Å². The van der Waals surface area contributed by atoms with Crippen molar-refractivity contribution in [2.24, 2.45) is 0 Å². The summed E-state index contributed by atoms with van der Waals surface area (Å²) >= 11 is 0. The minimum Gasteiger partial charge on any atom is -0.468 e. The molecule has 1 amide bonds. The number of pyridine rings is 1. The third kappa shape index (κ3) is 3.54. The summed E-state index contributed by atoms with van der Waals surface area (Å²) in [7, 11) is 0. The van der Waals surface area contributed by atoms with Crippen LogP contribution in [0.1, 0.15) is 29.0 Å². The Bertz CT molecular complexity index is 702. The number of hydrogen-bond acceptors (Lipinski definition) is 5. The van der Waals surface area contributed by atoms with E-state index in [0.29, 0.717) is 0 Å². The molecule has 0 N–H and O–H groups in total. The van der Waals surface area contributed by atoms with Crippen LogP contribution in [0.2, 0.25) is 0 Å². The van der Waals surface area contributed by atoms with Crippen molar-refractivity contribution in [2.45, 2.75) is 19.4 Å². The molecule has 0 saturated carbocycles. The Morgan fingerprint density at radius 2 is 1.84 bits per heavy atom. The Kier molecular flexibility index (Phi) is 4.70. The Hall–Kier alpha value is -2.34. The summed E-state index contributed by atoms with van der Waals surface area (Å²) in [5.74, 6) is 1.93. The number of carbonyl (C=O) groups excluding carboxylic acids is 1. The van der Waals surface area contributed by atoms with Gasteiger partial charge in [0.1, 0.15) is 11.6 Å². The van der Waals surface area contributed by atoms with E-state index in [0.717, 1.165) is 63.0 Å². The fourth-order valence-electron chi connectivity index (χ4n) is 3.65. The third-order valence-electron chi connectivity index (χ3n) is 5.04. The number of amides is 1. The molecule has 6 nitrogen and oxygen atoms in total. The Labute approximate surface area is 148 Å². The summed E-state index contributed by atoms with van der Waals surface area (Å²) in [6.07, 6.45) is 5.84. The highest BCUT2D eigenvalue weighted by Crippen LogP contribution is 2.23. The van der Waals surface area contributed by atoms with Gasteiger partial charge in [-0.05, 0) is 37.1 Å². The molecule has 6 heteroatoms. The summed E-state index contributed by atoms with van der Waals surface area (Å²) in [4.78, 5) is 24.0. The highest BCUT2D eigenvalue weighted by molar-refractivity contribution is 5.99. The van der Waals surface area contributed by atoms with Gasteiger partial charge in [-0.15, -0.1) is 0 Å². The molecule has 0 aromatic carbocycles. The van der Waals surface area contributed by atoms with E-state index in [2.05, 4.69) is 14.8 Å². The number of nitrogens with zero attached hydrogens (tertiary/aromatic N) is 4. The van der Waals surface area contributed by atoms with E-state index in [-0.39, 0.29) is 5.91 Å². The largest absolute Gasteiger partial charge is 0.468 e. The van der Waals surface area contributed by atoms with Gasteiger partial charge in [0.2, 0.25) is 0 Å². The monoisotopic (exact) mass is 340 g/mol. The standard InChI is InChI=1S/C19H24N4O2/c24-19(17-6-3-7-20-18(17)22-8-1-2-9-22)23-12-10-21(11-13-23)15-16-5-4-14-25-16/h3-7,14H,1-2,8-13,15H2.